The van der Waals surface area contributed by atoms with Crippen molar-refractivity contribution >= 4 is 14.2 Å². The fraction of sp³-hybridized carbons (Fsp3) is 0.396. The number of phenols is 1. The standard InChI is InChI=1S/C48H55N5O5Si/c1-59(2,3)27-12-11-21-41(44(30-50)52-23-25-56-26-24-52)51-42(29-49)43-28-35-16-13-22-46(54)47(35)45(33-57-31-34-14-5-4-6-15-34)53(43)48(55)58-32-40-38-19-9-7-17-36(38)37-18-8-10-20-39(37)40/h4-20,22,40-45,51,54H,21,23-28,31-33H2,1-3H3/b12-11+/t41-,42?,43-,44+,45-/m0/s1. The largest absolute Gasteiger partial charge is 0.508 e. The Kier molecular flexibility index (Phi) is 13.6. The SMILES string of the molecule is C[Si](C)(C)C/C=C/C[C@H](NC(C#N)[C@@H]1Cc2cccc(O)c2[C@H](COCc2ccccc2)N1C(=O)OCC1c2ccccc2-c2ccccc21)[C@@H](C#N)N1CCOCC1. The number of hydrogen-bond acceptors (Lipinski definition) is 9. The zero-order valence-electron chi connectivity index (χ0n) is 34.3. The Hall–Kier alpha value is -5.27. The van der Waals surface area contributed by atoms with Gasteiger partial charge in [-0.05, 0) is 58.3 Å². The monoisotopic (exact) mass is 809 g/mol. The van der Waals surface area contributed by atoms with Crippen LogP contribution < -0.4 is 5.32 Å². The summed E-state index contributed by atoms with van der Waals surface area (Å²) in [5, 5.41) is 36.8. The van der Waals surface area contributed by atoms with E-state index in [-0.39, 0.29) is 31.3 Å². The highest BCUT2D eigenvalue weighted by molar-refractivity contribution is 6.76. The molecule has 1 aliphatic carbocycles. The van der Waals surface area contributed by atoms with Crippen molar-refractivity contribution in [1.29, 1.82) is 10.5 Å². The molecule has 59 heavy (non-hydrogen) atoms. The first-order chi connectivity index (χ1) is 28.7. The van der Waals surface area contributed by atoms with E-state index in [1.165, 1.54) is 0 Å². The van der Waals surface area contributed by atoms with Crippen LogP contribution in [0.2, 0.25) is 25.7 Å². The third-order valence-corrected chi connectivity index (χ3v) is 13.2. The molecule has 1 unspecified atom stereocenters. The van der Waals surface area contributed by atoms with E-state index in [0.29, 0.717) is 44.9 Å². The second kappa shape index (κ2) is 19.2. The van der Waals surface area contributed by atoms with E-state index >= 15 is 0 Å². The molecule has 0 saturated carbocycles. The van der Waals surface area contributed by atoms with Crippen molar-refractivity contribution in [3.05, 3.63) is 137 Å². The maximum Gasteiger partial charge on any atom is 0.410 e. The summed E-state index contributed by atoms with van der Waals surface area (Å²) in [5.74, 6) is -0.125. The first kappa shape index (κ1) is 41.9. The number of rotatable bonds is 15. The van der Waals surface area contributed by atoms with Gasteiger partial charge in [0.25, 0.3) is 0 Å². The number of nitrogens with one attached hydrogen (secondary N) is 1. The Bertz CT molecular complexity index is 2130. The molecular weight excluding hydrogens is 755 g/mol. The molecule has 4 aromatic rings. The minimum Gasteiger partial charge on any atom is -0.508 e. The van der Waals surface area contributed by atoms with Gasteiger partial charge < -0.3 is 19.3 Å². The molecule has 7 rings (SSSR count). The number of benzene rings is 4. The van der Waals surface area contributed by atoms with Crippen molar-refractivity contribution in [3.8, 4) is 29.0 Å². The lowest BCUT2D eigenvalue weighted by atomic mass is 9.84. The number of phenolic OH excluding ortho intramolecular Hbond substituents is 1. The van der Waals surface area contributed by atoms with Crippen molar-refractivity contribution in [2.24, 2.45) is 0 Å². The number of aromatic hydroxyl groups is 1. The minimum absolute atomic E-state index is 0.0504. The molecule has 4 aromatic carbocycles. The summed E-state index contributed by atoms with van der Waals surface area (Å²) in [5.41, 5.74) is 6.80. The van der Waals surface area contributed by atoms with Gasteiger partial charge in [0.2, 0.25) is 0 Å². The van der Waals surface area contributed by atoms with E-state index in [1.54, 1.807) is 17.0 Å². The molecule has 1 saturated heterocycles. The Balaban J connectivity index is 1.23. The summed E-state index contributed by atoms with van der Waals surface area (Å²) < 4.78 is 18.4. The highest BCUT2D eigenvalue weighted by Gasteiger charge is 2.45. The number of nitriles is 2. The van der Waals surface area contributed by atoms with E-state index in [9.17, 15) is 20.4 Å². The lowest BCUT2D eigenvalue weighted by Gasteiger charge is -2.45. The van der Waals surface area contributed by atoms with Crippen molar-refractivity contribution < 1.29 is 24.1 Å². The van der Waals surface area contributed by atoms with Crippen LogP contribution in [0.25, 0.3) is 11.1 Å². The smallest absolute Gasteiger partial charge is 0.410 e. The van der Waals surface area contributed by atoms with Crippen LogP contribution in [-0.4, -0.2) is 92.8 Å². The number of carbonyl (C=O) groups excluding carboxylic acids is 1. The number of ether oxygens (including phenoxy) is 3. The second-order valence-corrected chi connectivity index (χ2v) is 22.5. The molecule has 11 heteroatoms. The van der Waals surface area contributed by atoms with Gasteiger partial charge in [0.05, 0.1) is 50.6 Å². The van der Waals surface area contributed by atoms with E-state index in [4.69, 9.17) is 14.2 Å². The summed E-state index contributed by atoms with van der Waals surface area (Å²) in [7, 11) is -1.36. The third kappa shape index (κ3) is 9.79. The molecule has 0 radical (unpaired) electrons. The van der Waals surface area contributed by atoms with Gasteiger partial charge in [-0.2, -0.15) is 10.5 Å². The van der Waals surface area contributed by atoms with E-state index < -0.39 is 44.4 Å². The molecule has 5 atom stereocenters. The van der Waals surface area contributed by atoms with E-state index in [0.717, 1.165) is 39.4 Å². The number of allylic oxidation sites excluding steroid dienone is 1. The first-order valence-corrected chi connectivity index (χ1v) is 24.5. The molecule has 0 aromatic heterocycles. The predicted molar refractivity (Wildman–Crippen MR) is 231 cm³/mol. The van der Waals surface area contributed by atoms with Gasteiger partial charge in [0, 0.05) is 38.7 Å². The maximum absolute atomic E-state index is 14.9. The van der Waals surface area contributed by atoms with Crippen LogP contribution in [-0.2, 0) is 27.2 Å². The van der Waals surface area contributed by atoms with Gasteiger partial charge in [-0.3, -0.25) is 15.1 Å². The summed E-state index contributed by atoms with van der Waals surface area (Å²) >= 11 is 0. The van der Waals surface area contributed by atoms with Gasteiger partial charge in [-0.25, -0.2) is 4.79 Å². The topological polar surface area (TPSA) is 131 Å². The van der Waals surface area contributed by atoms with Gasteiger partial charge in [0.15, 0.2) is 0 Å². The van der Waals surface area contributed by atoms with E-state index in [1.807, 2.05) is 60.7 Å². The minimum atomic E-state index is -1.36. The third-order valence-electron chi connectivity index (χ3n) is 11.7. The summed E-state index contributed by atoms with van der Waals surface area (Å²) in [6, 6.07) is 34.3. The lowest BCUT2D eigenvalue weighted by Crippen LogP contribution is -2.61. The average molecular weight is 810 g/mol. The number of fused-ring (bicyclic) bond motifs is 4. The molecule has 306 valence electrons. The summed E-state index contributed by atoms with van der Waals surface area (Å²) in [4.78, 5) is 18.7. The lowest BCUT2D eigenvalue weighted by molar-refractivity contribution is 0.00367. The van der Waals surface area contributed by atoms with Crippen LogP contribution in [0, 0.1) is 22.7 Å². The van der Waals surface area contributed by atoms with Crippen LogP contribution in [0.3, 0.4) is 0 Å². The molecule has 1 amide bonds. The Morgan fingerprint density at radius 3 is 2.24 bits per heavy atom. The average Bonchev–Trinajstić information content (AvgIpc) is 3.57. The van der Waals surface area contributed by atoms with Crippen LogP contribution in [0.15, 0.2) is 109 Å². The van der Waals surface area contributed by atoms with Crippen molar-refractivity contribution in [2.45, 2.75) is 81.3 Å². The van der Waals surface area contributed by atoms with Crippen LogP contribution in [0.4, 0.5) is 4.79 Å². The molecule has 2 N–H and O–H groups in total. The van der Waals surface area contributed by atoms with Crippen LogP contribution >= 0.6 is 0 Å². The van der Waals surface area contributed by atoms with Crippen molar-refractivity contribution in [2.75, 3.05) is 39.5 Å². The zero-order chi connectivity index (χ0) is 41.4. The van der Waals surface area contributed by atoms with Gasteiger partial charge in [0.1, 0.15) is 24.4 Å². The van der Waals surface area contributed by atoms with E-state index in [2.05, 4.69) is 78.4 Å². The fourth-order valence-electron chi connectivity index (χ4n) is 8.81. The number of carbonyl (C=O) groups is 1. The van der Waals surface area contributed by atoms with Crippen LogP contribution in [0.5, 0.6) is 5.75 Å². The number of nitrogens with zero attached hydrogens (tertiary/aromatic N) is 4. The summed E-state index contributed by atoms with van der Waals surface area (Å²) in [6.07, 6.45) is 4.54. The fourth-order valence-corrected chi connectivity index (χ4v) is 9.68. The number of hydrogen-bond donors (Lipinski definition) is 2. The quantitative estimate of drug-likeness (QED) is 0.0902. The first-order valence-electron chi connectivity index (χ1n) is 20.7. The highest BCUT2D eigenvalue weighted by atomic mass is 28.3. The predicted octanol–water partition coefficient (Wildman–Crippen LogP) is 8.19. The normalized spacial score (nSPS) is 19.5. The van der Waals surface area contributed by atoms with Gasteiger partial charge in [-0.1, -0.05) is 123 Å². The number of morpholine rings is 1. The number of amides is 1. The molecule has 2 heterocycles. The maximum atomic E-state index is 14.9. The molecule has 10 nitrogen and oxygen atoms in total. The molecule has 2 aliphatic heterocycles. The van der Waals surface area contributed by atoms with Crippen molar-refractivity contribution in [1.82, 2.24) is 15.1 Å². The van der Waals surface area contributed by atoms with Gasteiger partial charge in [-0.15, -0.1) is 0 Å². The highest BCUT2D eigenvalue weighted by Crippen LogP contribution is 2.45. The zero-order valence-corrected chi connectivity index (χ0v) is 35.3. The summed E-state index contributed by atoms with van der Waals surface area (Å²) in [6.45, 7) is 9.66. The molecule has 3 aliphatic rings. The Morgan fingerprint density at radius 1 is 0.898 bits per heavy atom. The van der Waals surface area contributed by atoms with Crippen molar-refractivity contribution in [3.63, 3.8) is 0 Å². The van der Waals surface area contributed by atoms with Crippen LogP contribution in [0.1, 0.15) is 46.2 Å². The Morgan fingerprint density at radius 2 is 1.58 bits per heavy atom. The molecule has 0 bridgehead atoms. The molecule has 0 spiro atoms. The second-order valence-electron chi connectivity index (χ2n) is 16.9. The Labute approximate surface area is 349 Å². The van der Waals surface area contributed by atoms with Gasteiger partial charge >= 0.3 is 6.09 Å². The molecular formula is C48H55N5O5Si. The molecule has 1 fully saturated rings.